The molecule has 6 nitrogen and oxygen atoms in total. The molecule has 110 valence electrons. The van der Waals surface area contributed by atoms with Gasteiger partial charge >= 0.3 is 0 Å². The summed E-state index contributed by atoms with van der Waals surface area (Å²) in [7, 11) is -3.41. The van der Waals surface area contributed by atoms with E-state index >= 15 is 0 Å². The number of ether oxygens (including phenoxy) is 1. The van der Waals surface area contributed by atoms with Crippen molar-refractivity contribution in [2.75, 3.05) is 38.0 Å². The highest BCUT2D eigenvalue weighted by molar-refractivity contribution is 7.89. The van der Waals surface area contributed by atoms with Gasteiger partial charge in [-0.3, -0.25) is 0 Å². The third-order valence-electron chi connectivity index (χ3n) is 3.57. The lowest BCUT2D eigenvalue weighted by molar-refractivity contribution is 0.226. The van der Waals surface area contributed by atoms with Crippen molar-refractivity contribution in [1.82, 2.24) is 9.62 Å². The Morgan fingerprint density at radius 2 is 2.05 bits per heavy atom. The van der Waals surface area contributed by atoms with E-state index in [-0.39, 0.29) is 6.10 Å². The predicted octanol–water partition coefficient (Wildman–Crippen LogP) is 0.473. The van der Waals surface area contributed by atoms with Crippen LogP contribution < -0.4 is 15.4 Å². The molecule has 20 heavy (non-hydrogen) atoms. The smallest absolute Gasteiger partial charge is 0.243 e. The van der Waals surface area contributed by atoms with Crippen molar-refractivity contribution >= 4 is 15.7 Å². The Balaban J connectivity index is 1.90. The molecule has 0 aliphatic carbocycles. The SMILES string of the molecule is CC1CNc2cc(S(=O)(=O)N3CCNCC3)ccc2O1. The molecule has 2 aliphatic heterocycles. The second kappa shape index (κ2) is 5.23. The van der Waals surface area contributed by atoms with Crippen LogP contribution in [-0.2, 0) is 10.0 Å². The largest absolute Gasteiger partial charge is 0.487 e. The van der Waals surface area contributed by atoms with Crippen molar-refractivity contribution < 1.29 is 13.2 Å². The van der Waals surface area contributed by atoms with Gasteiger partial charge in [0.1, 0.15) is 11.9 Å². The predicted molar refractivity (Wildman–Crippen MR) is 76.7 cm³/mol. The molecule has 0 radical (unpaired) electrons. The molecule has 0 aromatic heterocycles. The lowest BCUT2D eigenvalue weighted by atomic mass is 10.2. The summed E-state index contributed by atoms with van der Waals surface area (Å²) >= 11 is 0. The molecule has 1 fully saturated rings. The summed E-state index contributed by atoms with van der Waals surface area (Å²) in [6, 6.07) is 5.02. The molecule has 1 unspecified atom stereocenters. The van der Waals surface area contributed by atoms with Crippen molar-refractivity contribution in [3.63, 3.8) is 0 Å². The number of sulfonamides is 1. The zero-order valence-electron chi connectivity index (χ0n) is 11.4. The van der Waals surface area contributed by atoms with Crippen molar-refractivity contribution in [2.24, 2.45) is 0 Å². The fourth-order valence-electron chi connectivity index (χ4n) is 2.46. The maximum absolute atomic E-state index is 12.6. The lowest BCUT2D eigenvalue weighted by Gasteiger charge is -2.28. The van der Waals surface area contributed by atoms with Crippen molar-refractivity contribution in [2.45, 2.75) is 17.9 Å². The van der Waals surface area contributed by atoms with Crippen LogP contribution >= 0.6 is 0 Å². The third kappa shape index (κ3) is 2.48. The number of nitrogens with one attached hydrogen (secondary N) is 2. The number of nitrogens with zero attached hydrogens (tertiary/aromatic N) is 1. The molecular weight excluding hydrogens is 278 g/mol. The van der Waals surface area contributed by atoms with Gasteiger partial charge in [0.05, 0.1) is 17.1 Å². The summed E-state index contributed by atoms with van der Waals surface area (Å²) in [5, 5.41) is 6.36. The minimum absolute atomic E-state index is 0.0955. The van der Waals surface area contributed by atoms with E-state index in [1.54, 1.807) is 18.2 Å². The number of piperazine rings is 1. The van der Waals surface area contributed by atoms with E-state index in [0.717, 1.165) is 5.69 Å². The molecule has 7 heteroatoms. The average molecular weight is 297 g/mol. The van der Waals surface area contributed by atoms with Gasteiger partial charge in [-0.2, -0.15) is 4.31 Å². The lowest BCUT2D eigenvalue weighted by Crippen LogP contribution is -2.46. The number of rotatable bonds is 2. The summed E-state index contributed by atoms with van der Waals surface area (Å²) in [6.07, 6.45) is 0.0955. The van der Waals surface area contributed by atoms with Crippen LogP contribution in [0, 0.1) is 0 Å². The minimum atomic E-state index is -3.41. The second-order valence-corrected chi connectivity index (χ2v) is 7.06. The van der Waals surface area contributed by atoms with E-state index in [1.807, 2.05) is 6.92 Å². The van der Waals surface area contributed by atoms with Crippen LogP contribution in [0.2, 0.25) is 0 Å². The Hall–Kier alpha value is -1.31. The monoisotopic (exact) mass is 297 g/mol. The molecule has 2 aliphatic rings. The Morgan fingerprint density at radius 3 is 2.80 bits per heavy atom. The zero-order valence-corrected chi connectivity index (χ0v) is 12.2. The summed E-state index contributed by atoms with van der Waals surface area (Å²) in [5.74, 6) is 0.711. The number of hydrogen-bond donors (Lipinski definition) is 2. The highest BCUT2D eigenvalue weighted by Crippen LogP contribution is 2.32. The van der Waals surface area contributed by atoms with Crippen LogP contribution in [0.15, 0.2) is 23.1 Å². The van der Waals surface area contributed by atoms with Gasteiger partial charge in [-0.25, -0.2) is 8.42 Å². The van der Waals surface area contributed by atoms with Crippen molar-refractivity contribution in [3.05, 3.63) is 18.2 Å². The molecule has 2 heterocycles. The van der Waals surface area contributed by atoms with Crippen molar-refractivity contribution in [1.29, 1.82) is 0 Å². The molecule has 0 amide bonds. The van der Waals surface area contributed by atoms with E-state index in [4.69, 9.17) is 4.74 Å². The number of anilines is 1. The van der Waals surface area contributed by atoms with Gasteiger partial charge < -0.3 is 15.4 Å². The molecule has 1 atom stereocenters. The molecule has 1 saturated heterocycles. The van der Waals surface area contributed by atoms with Gasteiger partial charge in [-0.1, -0.05) is 0 Å². The standard InChI is InChI=1S/C13H19N3O3S/c1-10-9-15-12-8-11(2-3-13(12)19-10)20(17,18)16-6-4-14-5-7-16/h2-3,8,10,14-15H,4-7,9H2,1H3. The van der Waals surface area contributed by atoms with E-state index in [1.165, 1.54) is 4.31 Å². The first-order chi connectivity index (χ1) is 9.57. The quantitative estimate of drug-likeness (QED) is 0.830. The van der Waals surface area contributed by atoms with E-state index in [9.17, 15) is 8.42 Å². The fraction of sp³-hybridized carbons (Fsp3) is 0.538. The average Bonchev–Trinajstić information content (AvgIpc) is 2.47. The first kappa shape index (κ1) is 13.7. The van der Waals surface area contributed by atoms with Crippen LogP contribution in [0.5, 0.6) is 5.75 Å². The number of fused-ring (bicyclic) bond motifs is 1. The van der Waals surface area contributed by atoms with Gasteiger partial charge in [0, 0.05) is 26.2 Å². The molecule has 0 bridgehead atoms. The highest BCUT2D eigenvalue weighted by Gasteiger charge is 2.27. The minimum Gasteiger partial charge on any atom is -0.487 e. The molecule has 1 aromatic carbocycles. The molecule has 1 aromatic rings. The maximum Gasteiger partial charge on any atom is 0.243 e. The molecular formula is C13H19N3O3S. The fourth-order valence-corrected chi connectivity index (χ4v) is 3.92. The topological polar surface area (TPSA) is 70.7 Å². The molecule has 3 rings (SSSR count). The number of hydrogen-bond acceptors (Lipinski definition) is 5. The van der Waals surface area contributed by atoms with E-state index in [2.05, 4.69) is 10.6 Å². The Labute approximate surface area is 119 Å². The molecule has 2 N–H and O–H groups in total. The van der Waals surface area contributed by atoms with Crippen LogP contribution in [0.25, 0.3) is 0 Å². The van der Waals surface area contributed by atoms with E-state index in [0.29, 0.717) is 43.4 Å². The van der Waals surface area contributed by atoms with Crippen LogP contribution in [0.1, 0.15) is 6.92 Å². The normalized spacial score (nSPS) is 23.6. The number of benzene rings is 1. The van der Waals surface area contributed by atoms with Crippen LogP contribution in [-0.4, -0.2) is 51.6 Å². The van der Waals surface area contributed by atoms with Crippen LogP contribution in [0.4, 0.5) is 5.69 Å². The Bertz CT molecular complexity index is 597. The van der Waals surface area contributed by atoms with Crippen LogP contribution in [0.3, 0.4) is 0 Å². The summed E-state index contributed by atoms with van der Waals surface area (Å²) in [5.41, 5.74) is 0.749. The Morgan fingerprint density at radius 1 is 1.30 bits per heavy atom. The van der Waals surface area contributed by atoms with Gasteiger partial charge in [-0.05, 0) is 25.1 Å². The van der Waals surface area contributed by atoms with Gasteiger partial charge in [0.2, 0.25) is 10.0 Å². The van der Waals surface area contributed by atoms with E-state index < -0.39 is 10.0 Å². The highest BCUT2D eigenvalue weighted by atomic mass is 32.2. The maximum atomic E-state index is 12.6. The Kier molecular flexibility index (Phi) is 3.57. The summed E-state index contributed by atoms with van der Waals surface area (Å²) < 4.78 is 32.3. The first-order valence-electron chi connectivity index (χ1n) is 6.83. The summed E-state index contributed by atoms with van der Waals surface area (Å²) in [6.45, 7) is 5.08. The molecule has 0 saturated carbocycles. The van der Waals surface area contributed by atoms with Crippen molar-refractivity contribution in [3.8, 4) is 5.75 Å². The summed E-state index contributed by atoms with van der Waals surface area (Å²) in [4.78, 5) is 0.323. The van der Waals surface area contributed by atoms with Gasteiger partial charge in [-0.15, -0.1) is 0 Å². The molecule has 0 spiro atoms. The first-order valence-corrected chi connectivity index (χ1v) is 8.27. The zero-order chi connectivity index (χ0) is 14.2. The third-order valence-corrected chi connectivity index (χ3v) is 5.47. The van der Waals surface area contributed by atoms with Gasteiger partial charge in [0.15, 0.2) is 0 Å². The van der Waals surface area contributed by atoms with Gasteiger partial charge in [0.25, 0.3) is 0 Å². The second-order valence-electron chi connectivity index (χ2n) is 5.12.